The molecule has 5 nitrogen and oxygen atoms in total. The van der Waals surface area contributed by atoms with Gasteiger partial charge in [-0.05, 0) is 28.5 Å². The van der Waals surface area contributed by atoms with E-state index in [1.807, 2.05) is 54.6 Å². The van der Waals surface area contributed by atoms with Gasteiger partial charge in [-0.3, -0.25) is 9.59 Å². The molecule has 1 unspecified atom stereocenters. The highest BCUT2D eigenvalue weighted by atomic mass is 16.5. The minimum absolute atomic E-state index is 0.00786. The molecule has 0 saturated heterocycles. The van der Waals surface area contributed by atoms with Gasteiger partial charge in [-0.25, -0.2) is 0 Å². The summed E-state index contributed by atoms with van der Waals surface area (Å²) in [5.41, 5.74) is 3.19. The van der Waals surface area contributed by atoms with Crippen molar-refractivity contribution in [1.29, 1.82) is 0 Å². The number of aryl methyl sites for hydroxylation is 1. The van der Waals surface area contributed by atoms with Crippen LogP contribution in [0, 0.1) is 0 Å². The van der Waals surface area contributed by atoms with E-state index in [-0.39, 0.29) is 23.2 Å². The molecule has 1 N–H and O–H groups in total. The van der Waals surface area contributed by atoms with Crippen LogP contribution >= 0.6 is 0 Å². The minimum atomic E-state index is -0.611. The number of methoxy groups -OCH3 is 1. The monoisotopic (exact) mass is 421 g/mol. The van der Waals surface area contributed by atoms with Gasteiger partial charge >= 0.3 is 0 Å². The number of hydrogen-bond donors (Lipinski definition) is 1. The van der Waals surface area contributed by atoms with Crippen LogP contribution in [0.2, 0.25) is 0 Å². The van der Waals surface area contributed by atoms with Crippen molar-refractivity contribution >= 4 is 11.7 Å². The lowest BCUT2D eigenvalue weighted by Crippen LogP contribution is -2.34. The summed E-state index contributed by atoms with van der Waals surface area (Å²) in [5.74, 6) is -1.18. The molecule has 0 fully saturated rings. The van der Waals surface area contributed by atoms with Gasteiger partial charge < -0.3 is 14.7 Å². The van der Waals surface area contributed by atoms with E-state index in [9.17, 15) is 14.7 Å². The highest BCUT2D eigenvalue weighted by Gasteiger charge is 2.43. The van der Waals surface area contributed by atoms with Crippen molar-refractivity contribution in [3.63, 3.8) is 0 Å². The van der Waals surface area contributed by atoms with Crippen LogP contribution in [0.15, 0.2) is 65.9 Å². The van der Waals surface area contributed by atoms with Gasteiger partial charge in [-0.2, -0.15) is 0 Å². The molecule has 1 heterocycles. The predicted molar refractivity (Wildman–Crippen MR) is 121 cm³/mol. The molecule has 1 atom stereocenters. The Bertz CT molecular complexity index is 955. The van der Waals surface area contributed by atoms with Crippen molar-refractivity contribution in [3.05, 3.63) is 82.6 Å². The summed E-state index contributed by atoms with van der Waals surface area (Å²) in [7, 11) is 1.56. The molecule has 0 radical (unpaired) electrons. The van der Waals surface area contributed by atoms with Crippen LogP contribution in [0.4, 0.5) is 0 Å². The van der Waals surface area contributed by atoms with E-state index in [1.165, 1.54) is 4.90 Å². The lowest BCUT2D eigenvalue weighted by Gasteiger charge is -2.27. The molecule has 31 heavy (non-hydrogen) atoms. The van der Waals surface area contributed by atoms with Crippen molar-refractivity contribution in [3.8, 4) is 0 Å². The van der Waals surface area contributed by atoms with Crippen molar-refractivity contribution in [2.24, 2.45) is 0 Å². The molecule has 0 aliphatic carbocycles. The van der Waals surface area contributed by atoms with Gasteiger partial charge in [-0.15, -0.1) is 0 Å². The normalized spacial score (nSPS) is 16.8. The lowest BCUT2D eigenvalue weighted by atomic mass is 9.85. The van der Waals surface area contributed by atoms with Crippen LogP contribution in [0.5, 0.6) is 0 Å². The number of ether oxygens (including phenoxy) is 1. The maximum Gasteiger partial charge on any atom is 0.290 e. The summed E-state index contributed by atoms with van der Waals surface area (Å²) in [6.07, 6.45) is 0.782. The molecule has 2 aromatic carbocycles. The minimum Gasteiger partial charge on any atom is -0.503 e. The summed E-state index contributed by atoms with van der Waals surface area (Å²) in [6.45, 7) is 7.02. The summed E-state index contributed by atoms with van der Waals surface area (Å²) in [5, 5.41) is 10.6. The van der Waals surface area contributed by atoms with Crippen LogP contribution in [-0.4, -0.2) is 42.0 Å². The number of ketones is 1. The Morgan fingerprint density at radius 1 is 1.06 bits per heavy atom. The number of Topliss-reactive ketones (excluding diaryl/α,β-unsaturated/α-hetero) is 1. The fourth-order valence-corrected chi connectivity index (χ4v) is 3.91. The number of aliphatic hydroxyl groups is 1. The zero-order valence-electron chi connectivity index (χ0n) is 18.7. The number of benzene rings is 2. The molecule has 0 spiro atoms. The van der Waals surface area contributed by atoms with E-state index < -0.39 is 17.7 Å². The van der Waals surface area contributed by atoms with Gasteiger partial charge in [0.2, 0.25) is 0 Å². The maximum absolute atomic E-state index is 13.2. The van der Waals surface area contributed by atoms with Gasteiger partial charge in [0.15, 0.2) is 11.5 Å². The van der Waals surface area contributed by atoms with Crippen molar-refractivity contribution in [2.45, 2.75) is 45.1 Å². The Morgan fingerprint density at radius 2 is 1.71 bits per heavy atom. The van der Waals surface area contributed by atoms with E-state index in [1.54, 1.807) is 7.11 Å². The molecule has 3 rings (SSSR count). The van der Waals surface area contributed by atoms with Crippen LogP contribution in [0.25, 0.3) is 0 Å². The van der Waals surface area contributed by atoms with E-state index >= 15 is 0 Å². The molecule has 0 bridgehead atoms. The third-order valence-electron chi connectivity index (χ3n) is 5.72. The van der Waals surface area contributed by atoms with Crippen molar-refractivity contribution in [1.82, 2.24) is 4.90 Å². The summed E-state index contributed by atoms with van der Waals surface area (Å²) in [4.78, 5) is 27.5. The number of aliphatic hydroxyl groups excluding tert-OH is 1. The quantitative estimate of drug-likeness (QED) is 0.680. The summed E-state index contributed by atoms with van der Waals surface area (Å²) >= 11 is 0. The Morgan fingerprint density at radius 3 is 2.29 bits per heavy atom. The molecule has 1 amide bonds. The summed E-state index contributed by atoms with van der Waals surface area (Å²) < 4.78 is 5.16. The molecule has 1 aliphatic rings. The van der Waals surface area contributed by atoms with Gasteiger partial charge in [-0.1, -0.05) is 75.4 Å². The van der Waals surface area contributed by atoms with Crippen LogP contribution in [0.3, 0.4) is 0 Å². The van der Waals surface area contributed by atoms with Crippen molar-refractivity contribution in [2.75, 3.05) is 20.3 Å². The Kier molecular flexibility index (Phi) is 6.96. The van der Waals surface area contributed by atoms with Gasteiger partial charge in [0.1, 0.15) is 0 Å². The highest BCUT2D eigenvalue weighted by molar-refractivity contribution is 6.09. The number of nitrogens with zero attached hydrogens (tertiary/aromatic N) is 1. The van der Waals surface area contributed by atoms with Crippen LogP contribution < -0.4 is 0 Å². The Labute approximate surface area is 184 Å². The highest BCUT2D eigenvalue weighted by Crippen LogP contribution is 2.38. The average Bonchev–Trinajstić information content (AvgIpc) is 3.01. The molecular weight excluding hydrogens is 390 g/mol. The standard InChI is InChI=1S/C26H31NO4/c1-26(2,3)20-13-11-19(12-14-20)23-22(24(29)25(30)27(23)16-17-31-4)21(28)15-10-18-8-6-5-7-9-18/h5-9,11-14,23,29H,10,15-17H2,1-4H3. The first-order valence-electron chi connectivity index (χ1n) is 10.6. The molecule has 0 saturated carbocycles. The third kappa shape index (κ3) is 5.05. The largest absolute Gasteiger partial charge is 0.503 e. The van der Waals surface area contributed by atoms with E-state index in [0.29, 0.717) is 19.6 Å². The third-order valence-corrected chi connectivity index (χ3v) is 5.72. The smallest absolute Gasteiger partial charge is 0.290 e. The first-order chi connectivity index (χ1) is 14.7. The molecule has 2 aromatic rings. The van der Waals surface area contributed by atoms with Crippen LogP contribution in [-0.2, 0) is 26.2 Å². The Balaban J connectivity index is 1.92. The Hall–Kier alpha value is -2.92. The van der Waals surface area contributed by atoms with E-state index in [0.717, 1.165) is 16.7 Å². The number of rotatable bonds is 8. The number of carbonyl (C=O) groups is 2. The molecule has 1 aliphatic heterocycles. The molecule has 164 valence electrons. The van der Waals surface area contributed by atoms with Gasteiger partial charge in [0.25, 0.3) is 5.91 Å². The molecular formula is C26H31NO4. The first kappa shape index (κ1) is 22.8. The van der Waals surface area contributed by atoms with E-state index in [2.05, 4.69) is 20.8 Å². The first-order valence-corrected chi connectivity index (χ1v) is 10.6. The van der Waals surface area contributed by atoms with Gasteiger partial charge in [0, 0.05) is 20.1 Å². The fourth-order valence-electron chi connectivity index (χ4n) is 3.91. The van der Waals surface area contributed by atoms with Crippen LogP contribution in [0.1, 0.15) is 49.9 Å². The number of hydrogen-bond acceptors (Lipinski definition) is 4. The zero-order valence-corrected chi connectivity index (χ0v) is 18.7. The van der Waals surface area contributed by atoms with Crippen molar-refractivity contribution < 1.29 is 19.4 Å². The molecule has 0 aromatic heterocycles. The fraction of sp³-hybridized carbons (Fsp3) is 0.385. The second-order valence-corrected chi connectivity index (χ2v) is 8.94. The topological polar surface area (TPSA) is 66.8 Å². The SMILES string of the molecule is COCCN1C(=O)C(O)=C(C(=O)CCc2ccccc2)C1c1ccc(C(C)(C)C)cc1. The lowest BCUT2D eigenvalue weighted by molar-refractivity contribution is -0.130. The van der Waals surface area contributed by atoms with E-state index in [4.69, 9.17) is 4.74 Å². The zero-order chi connectivity index (χ0) is 22.6. The average molecular weight is 422 g/mol. The summed E-state index contributed by atoms with van der Waals surface area (Å²) in [6, 6.07) is 17.1. The maximum atomic E-state index is 13.2. The second kappa shape index (κ2) is 9.48. The van der Waals surface area contributed by atoms with Gasteiger partial charge in [0.05, 0.1) is 18.2 Å². The second-order valence-electron chi connectivity index (χ2n) is 8.94. The predicted octanol–water partition coefficient (Wildman–Crippen LogP) is 4.53. The molecule has 5 heteroatoms. The number of amides is 1. The number of carbonyl (C=O) groups excluding carboxylic acids is 2.